The topological polar surface area (TPSA) is 90.8 Å². The molecule has 0 aromatic heterocycles. The molecule has 0 heterocycles. The fourth-order valence-electron chi connectivity index (χ4n) is 2.68. The van der Waals surface area contributed by atoms with Gasteiger partial charge in [0.1, 0.15) is 11.4 Å². The van der Waals surface area contributed by atoms with Crippen LogP contribution in [0.25, 0.3) is 6.08 Å². The number of nitrogens with one attached hydrogen (secondary N) is 2. The molecule has 166 valence electrons. The van der Waals surface area contributed by atoms with Crippen LogP contribution in [-0.2, 0) is 4.79 Å². The third kappa shape index (κ3) is 7.53. The molecule has 33 heavy (non-hydrogen) atoms. The Morgan fingerprint density at radius 2 is 1.61 bits per heavy atom. The number of phenols is 1. The van der Waals surface area contributed by atoms with Gasteiger partial charge in [-0.1, -0.05) is 60.7 Å². The predicted molar refractivity (Wildman–Crippen MR) is 147 cm³/mol. The Hall–Kier alpha value is -2.99. The standard InChI is InChI=1S/C25H19I2N3O3/c26-20-14-19(23(31)21(27)15-20)16-28-30-25(33)22(13-7-10-17-8-3-1-4-9-17)29-24(32)18-11-5-2-6-12-18/h1-16,31H,(H,29,32)(H,30,33). The van der Waals surface area contributed by atoms with Crippen molar-refractivity contribution in [3.63, 3.8) is 0 Å². The molecule has 3 N–H and O–H groups in total. The number of benzene rings is 3. The SMILES string of the molecule is O=C(NN=Cc1cc(I)cc(I)c1O)C(=CC=Cc1ccccc1)NC(=O)c1ccccc1. The number of carbonyl (C=O) groups is 2. The summed E-state index contributed by atoms with van der Waals surface area (Å²) in [5.74, 6) is -0.945. The van der Waals surface area contributed by atoms with Crippen molar-refractivity contribution in [3.8, 4) is 5.75 Å². The zero-order chi connectivity index (χ0) is 23.6. The second-order valence-corrected chi connectivity index (χ2v) is 9.10. The lowest BCUT2D eigenvalue weighted by Gasteiger charge is -2.08. The van der Waals surface area contributed by atoms with Crippen LogP contribution >= 0.6 is 45.2 Å². The maximum Gasteiger partial charge on any atom is 0.287 e. The summed E-state index contributed by atoms with van der Waals surface area (Å²) < 4.78 is 1.60. The van der Waals surface area contributed by atoms with E-state index in [0.29, 0.717) is 14.7 Å². The summed E-state index contributed by atoms with van der Waals surface area (Å²) in [6.07, 6.45) is 6.35. The maximum absolute atomic E-state index is 12.8. The lowest BCUT2D eigenvalue weighted by Crippen LogP contribution is -2.32. The third-order valence-electron chi connectivity index (χ3n) is 4.31. The molecule has 0 aliphatic rings. The molecule has 3 aromatic carbocycles. The minimum Gasteiger partial charge on any atom is -0.506 e. The smallest absolute Gasteiger partial charge is 0.287 e. The number of phenolic OH excluding ortho intramolecular Hbond substituents is 1. The number of hydrogen-bond acceptors (Lipinski definition) is 4. The van der Waals surface area contributed by atoms with Crippen molar-refractivity contribution in [2.24, 2.45) is 5.10 Å². The Balaban J connectivity index is 1.78. The van der Waals surface area contributed by atoms with Gasteiger partial charge in [-0.3, -0.25) is 9.59 Å². The van der Waals surface area contributed by atoms with E-state index in [2.05, 4.69) is 38.4 Å². The van der Waals surface area contributed by atoms with Crippen LogP contribution in [0.2, 0.25) is 0 Å². The second-order valence-electron chi connectivity index (χ2n) is 6.69. The average molecular weight is 663 g/mol. The number of nitrogens with zero attached hydrogens (tertiary/aromatic N) is 1. The molecule has 3 rings (SSSR count). The van der Waals surface area contributed by atoms with Crippen LogP contribution in [0.4, 0.5) is 0 Å². The molecule has 0 saturated carbocycles. The van der Waals surface area contributed by atoms with Crippen molar-refractivity contribution in [1.29, 1.82) is 0 Å². The van der Waals surface area contributed by atoms with Crippen LogP contribution in [0.1, 0.15) is 21.5 Å². The monoisotopic (exact) mass is 663 g/mol. The molecule has 3 aromatic rings. The minimum absolute atomic E-state index is 0.0228. The molecule has 8 heteroatoms. The van der Waals surface area contributed by atoms with Crippen LogP contribution in [0, 0.1) is 7.14 Å². The van der Waals surface area contributed by atoms with Crippen molar-refractivity contribution in [3.05, 3.63) is 114 Å². The van der Waals surface area contributed by atoms with Crippen LogP contribution < -0.4 is 10.7 Å². The van der Waals surface area contributed by atoms with E-state index in [9.17, 15) is 14.7 Å². The van der Waals surface area contributed by atoms with Crippen LogP contribution in [0.5, 0.6) is 5.75 Å². The predicted octanol–water partition coefficient (Wildman–Crippen LogP) is 5.08. The molecule has 0 atom stereocenters. The summed E-state index contributed by atoms with van der Waals surface area (Å²) in [4.78, 5) is 25.3. The fourth-order valence-corrected chi connectivity index (χ4v) is 4.57. The van der Waals surface area contributed by atoms with Crippen molar-refractivity contribution >= 4 is 69.3 Å². The van der Waals surface area contributed by atoms with Gasteiger partial charge in [0.25, 0.3) is 11.8 Å². The second kappa shape index (κ2) is 12.3. The first kappa shape index (κ1) is 24.6. The average Bonchev–Trinajstić information content (AvgIpc) is 2.82. The highest BCUT2D eigenvalue weighted by atomic mass is 127. The summed E-state index contributed by atoms with van der Waals surface area (Å²) in [6, 6.07) is 21.7. The molecule has 0 bridgehead atoms. The Bertz CT molecular complexity index is 1220. The highest BCUT2D eigenvalue weighted by Gasteiger charge is 2.13. The molecule has 0 aliphatic carbocycles. The summed E-state index contributed by atoms with van der Waals surface area (Å²) in [7, 11) is 0. The largest absolute Gasteiger partial charge is 0.506 e. The molecule has 0 radical (unpaired) electrons. The molecule has 0 saturated heterocycles. The number of carbonyl (C=O) groups excluding carboxylic acids is 2. The fraction of sp³-hybridized carbons (Fsp3) is 0. The van der Waals surface area contributed by atoms with Gasteiger partial charge in [0.05, 0.1) is 9.78 Å². The molecular formula is C25H19I2N3O3. The van der Waals surface area contributed by atoms with Crippen molar-refractivity contribution in [1.82, 2.24) is 10.7 Å². The highest BCUT2D eigenvalue weighted by Crippen LogP contribution is 2.25. The first-order chi connectivity index (χ1) is 15.9. The quantitative estimate of drug-likeness (QED) is 0.108. The van der Waals surface area contributed by atoms with Gasteiger partial charge in [-0.15, -0.1) is 0 Å². The molecule has 0 aliphatic heterocycles. The number of halogens is 2. The number of rotatable bonds is 7. The van der Waals surface area contributed by atoms with Crippen molar-refractivity contribution < 1.29 is 14.7 Å². The summed E-state index contributed by atoms with van der Waals surface area (Å²) >= 11 is 4.15. The number of amides is 2. The normalized spacial score (nSPS) is 11.6. The maximum atomic E-state index is 12.8. The van der Waals surface area contributed by atoms with Gasteiger partial charge in [-0.2, -0.15) is 5.10 Å². The molecule has 0 fully saturated rings. The Labute approximate surface area is 218 Å². The van der Waals surface area contributed by atoms with Gasteiger partial charge in [0.15, 0.2) is 0 Å². The summed E-state index contributed by atoms with van der Waals surface area (Å²) in [6.45, 7) is 0. The van der Waals surface area contributed by atoms with E-state index in [1.54, 1.807) is 42.5 Å². The van der Waals surface area contributed by atoms with Gasteiger partial charge in [0, 0.05) is 14.7 Å². The Kier molecular flexibility index (Phi) is 9.19. The number of aromatic hydroxyl groups is 1. The van der Waals surface area contributed by atoms with Crippen LogP contribution in [0.15, 0.2) is 95.7 Å². The van der Waals surface area contributed by atoms with E-state index < -0.39 is 11.8 Å². The van der Waals surface area contributed by atoms with Crippen LogP contribution in [0.3, 0.4) is 0 Å². The van der Waals surface area contributed by atoms with Gasteiger partial charge in [-0.25, -0.2) is 5.43 Å². The van der Waals surface area contributed by atoms with E-state index >= 15 is 0 Å². The van der Waals surface area contributed by atoms with E-state index in [0.717, 1.165) is 9.13 Å². The highest BCUT2D eigenvalue weighted by molar-refractivity contribution is 14.1. The van der Waals surface area contributed by atoms with Gasteiger partial charge >= 0.3 is 0 Å². The number of hydrazone groups is 1. The van der Waals surface area contributed by atoms with E-state index in [1.807, 2.05) is 65.1 Å². The lowest BCUT2D eigenvalue weighted by molar-refractivity contribution is -0.117. The Morgan fingerprint density at radius 3 is 2.30 bits per heavy atom. The molecule has 0 spiro atoms. The minimum atomic E-state index is -0.604. The first-order valence-corrected chi connectivity index (χ1v) is 11.9. The molecular weight excluding hydrogens is 644 g/mol. The number of hydrogen-bond donors (Lipinski definition) is 3. The van der Waals surface area contributed by atoms with Gasteiger partial charge < -0.3 is 10.4 Å². The number of allylic oxidation sites excluding steroid dienone is 2. The third-order valence-corrected chi connectivity index (χ3v) is 5.75. The van der Waals surface area contributed by atoms with Crippen molar-refractivity contribution in [2.75, 3.05) is 0 Å². The van der Waals surface area contributed by atoms with Gasteiger partial charge in [-0.05, 0) is 81.1 Å². The van der Waals surface area contributed by atoms with Gasteiger partial charge in [0.2, 0.25) is 0 Å². The Morgan fingerprint density at radius 1 is 0.939 bits per heavy atom. The summed E-state index contributed by atoms with van der Waals surface area (Å²) in [5.41, 5.74) is 4.26. The van der Waals surface area contributed by atoms with E-state index in [1.165, 1.54) is 12.3 Å². The lowest BCUT2D eigenvalue weighted by atomic mass is 10.2. The molecule has 0 unspecified atom stereocenters. The molecule has 2 amide bonds. The molecule has 6 nitrogen and oxygen atoms in total. The van der Waals surface area contributed by atoms with E-state index in [-0.39, 0.29) is 11.4 Å². The zero-order valence-corrected chi connectivity index (χ0v) is 21.5. The van der Waals surface area contributed by atoms with Crippen LogP contribution in [-0.4, -0.2) is 23.1 Å². The zero-order valence-electron chi connectivity index (χ0n) is 17.2. The van der Waals surface area contributed by atoms with E-state index in [4.69, 9.17) is 0 Å². The van der Waals surface area contributed by atoms with Crippen molar-refractivity contribution in [2.45, 2.75) is 0 Å². The first-order valence-electron chi connectivity index (χ1n) is 9.75. The summed E-state index contributed by atoms with van der Waals surface area (Å²) in [5, 5.41) is 16.7.